The molecular weight excluding hydrogens is 404 g/mol. The van der Waals surface area contributed by atoms with E-state index in [4.69, 9.17) is 0 Å². The van der Waals surface area contributed by atoms with Crippen molar-refractivity contribution in [1.82, 2.24) is 9.97 Å². The molecule has 4 aromatic rings. The minimum Gasteiger partial charge on any atom is -0.254 e. The Bertz CT molecular complexity index is 1160. The van der Waals surface area contributed by atoms with Gasteiger partial charge in [-0.1, -0.05) is 73.5 Å². The number of rotatable bonds is 3. The van der Waals surface area contributed by atoms with Crippen LogP contribution in [0.5, 0.6) is 0 Å². The second kappa shape index (κ2) is 9.37. The molecule has 4 heteroatoms. The Morgan fingerprint density at radius 3 is 1.13 bits per heavy atom. The first-order chi connectivity index (χ1) is 14.8. The van der Waals surface area contributed by atoms with Crippen LogP contribution in [-0.2, 0) is 0 Å². The normalized spacial score (nSPS) is 9.80. The van der Waals surface area contributed by atoms with Gasteiger partial charge in [0.2, 0.25) is 0 Å². The molecule has 30 heavy (non-hydrogen) atoms. The fourth-order valence-corrected chi connectivity index (χ4v) is 3.31. The fourth-order valence-electron chi connectivity index (χ4n) is 3.05. The third kappa shape index (κ3) is 4.58. The van der Waals surface area contributed by atoms with Crippen LogP contribution < -0.4 is 0 Å². The Morgan fingerprint density at radius 2 is 0.833 bits per heavy atom. The van der Waals surface area contributed by atoms with Gasteiger partial charge in [0.25, 0.3) is 0 Å². The van der Waals surface area contributed by atoms with Gasteiger partial charge in [-0.25, -0.2) is 0 Å². The largest absolute Gasteiger partial charge is 0.254 e. The predicted molar refractivity (Wildman–Crippen MR) is 130 cm³/mol. The summed E-state index contributed by atoms with van der Waals surface area (Å²) in [6, 6.07) is 24.1. The van der Waals surface area contributed by atoms with E-state index in [1.54, 1.807) is 0 Å². The highest BCUT2D eigenvalue weighted by Crippen LogP contribution is 2.24. The Hall–Kier alpha value is -3.44. The van der Waals surface area contributed by atoms with Gasteiger partial charge in [-0.05, 0) is 58.0 Å². The van der Waals surface area contributed by atoms with Crippen molar-refractivity contribution in [3.05, 3.63) is 96.3 Å². The smallest absolute Gasteiger partial charge is 0.0886 e. The van der Waals surface area contributed by atoms with Crippen LogP contribution in [-0.4, -0.2) is 9.97 Å². The standard InChI is InChI=1S/C26H16N2S2/c29-15-13-19-1-5-21(6-2-19)23-9-11-25(27-17-23)26-12-10-24(18-28-26)22-7-3-20(4-8-22)14-16-30/h1-12,17-18,29-30H. The van der Waals surface area contributed by atoms with Crippen LogP contribution >= 0.6 is 25.3 Å². The highest BCUT2D eigenvalue weighted by Gasteiger charge is 2.05. The van der Waals surface area contributed by atoms with E-state index in [-0.39, 0.29) is 0 Å². The minimum absolute atomic E-state index is 0.835. The van der Waals surface area contributed by atoms with Crippen LogP contribution in [0.4, 0.5) is 0 Å². The van der Waals surface area contributed by atoms with E-state index >= 15 is 0 Å². The molecule has 0 unspecified atom stereocenters. The summed E-state index contributed by atoms with van der Waals surface area (Å²) >= 11 is 7.86. The number of benzene rings is 2. The SMILES string of the molecule is SC#Cc1ccc(-c2ccc(-c3ccc(-c4ccc(C#CS)cc4)cn3)nc2)cc1. The van der Waals surface area contributed by atoms with Crippen molar-refractivity contribution in [3.63, 3.8) is 0 Å². The average Bonchev–Trinajstić information content (AvgIpc) is 2.81. The van der Waals surface area contributed by atoms with Crippen LogP contribution in [0.1, 0.15) is 11.1 Å². The molecule has 0 fully saturated rings. The Morgan fingerprint density at radius 1 is 0.467 bits per heavy atom. The zero-order valence-electron chi connectivity index (χ0n) is 15.9. The molecule has 4 rings (SSSR count). The summed E-state index contributed by atoms with van der Waals surface area (Å²) in [5.41, 5.74) is 7.82. The Labute approximate surface area is 187 Å². The van der Waals surface area contributed by atoms with Crippen LogP contribution in [0, 0.1) is 22.3 Å². The first-order valence-corrected chi connectivity index (χ1v) is 10.1. The van der Waals surface area contributed by atoms with Gasteiger partial charge in [0.1, 0.15) is 0 Å². The molecule has 0 amide bonds. The lowest BCUT2D eigenvalue weighted by Crippen LogP contribution is -1.89. The number of pyridine rings is 2. The van der Waals surface area contributed by atoms with Gasteiger partial charge in [0.05, 0.1) is 11.4 Å². The number of aromatic nitrogens is 2. The highest BCUT2D eigenvalue weighted by atomic mass is 32.1. The molecule has 2 heterocycles. The summed E-state index contributed by atoms with van der Waals surface area (Å²) < 4.78 is 0. The summed E-state index contributed by atoms with van der Waals surface area (Å²) in [6.07, 6.45) is 3.73. The number of nitrogens with zero attached hydrogens (tertiary/aromatic N) is 2. The number of thiol groups is 2. The molecule has 2 aromatic carbocycles. The van der Waals surface area contributed by atoms with E-state index in [1.807, 2.05) is 73.1 Å². The molecule has 0 saturated heterocycles. The van der Waals surface area contributed by atoms with Gasteiger partial charge in [0, 0.05) is 34.6 Å². The summed E-state index contributed by atoms with van der Waals surface area (Å²) in [4.78, 5) is 9.19. The van der Waals surface area contributed by atoms with Gasteiger partial charge in [-0.2, -0.15) is 0 Å². The first-order valence-electron chi connectivity index (χ1n) is 9.20. The molecule has 2 nitrogen and oxygen atoms in total. The van der Waals surface area contributed by atoms with Crippen LogP contribution in [0.3, 0.4) is 0 Å². The quantitative estimate of drug-likeness (QED) is 0.316. The second-order valence-corrected chi connectivity index (χ2v) is 6.94. The van der Waals surface area contributed by atoms with Crippen molar-refractivity contribution in [2.24, 2.45) is 0 Å². The van der Waals surface area contributed by atoms with Crippen LogP contribution in [0.15, 0.2) is 85.2 Å². The van der Waals surface area contributed by atoms with E-state index in [0.29, 0.717) is 0 Å². The number of hydrogen-bond acceptors (Lipinski definition) is 4. The molecule has 0 bridgehead atoms. The van der Waals surface area contributed by atoms with E-state index < -0.39 is 0 Å². The molecule has 0 aliphatic rings. The van der Waals surface area contributed by atoms with Crippen molar-refractivity contribution < 1.29 is 0 Å². The third-order valence-corrected chi connectivity index (χ3v) is 4.85. The molecule has 0 aliphatic carbocycles. The van der Waals surface area contributed by atoms with Gasteiger partial charge >= 0.3 is 0 Å². The maximum atomic E-state index is 4.59. The van der Waals surface area contributed by atoms with E-state index in [2.05, 4.69) is 69.7 Å². The second-order valence-electron chi connectivity index (χ2n) is 6.49. The predicted octanol–water partition coefficient (Wildman–Crippen LogP) is 5.96. The molecule has 142 valence electrons. The van der Waals surface area contributed by atoms with Crippen molar-refractivity contribution in [2.45, 2.75) is 0 Å². The fraction of sp³-hybridized carbons (Fsp3) is 0. The highest BCUT2D eigenvalue weighted by molar-refractivity contribution is 7.85. The van der Waals surface area contributed by atoms with Gasteiger partial charge in [-0.15, -0.1) is 0 Å². The lowest BCUT2D eigenvalue weighted by Gasteiger charge is -2.06. The first kappa shape index (κ1) is 19.9. The molecule has 0 N–H and O–H groups in total. The minimum atomic E-state index is 0.835. The van der Waals surface area contributed by atoms with E-state index in [9.17, 15) is 0 Å². The van der Waals surface area contributed by atoms with Gasteiger partial charge in [0.15, 0.2) is 0 Å². The molecule has 0 radical (unpaired) electrons. The molecule has 0 spiro atoms. The third-order valence-electron chi connectivity index (χ3n) is 4.63. The van der Waals surface area contributed by atoms with Gasteiger partial charge in [-0.3, -0.25) is 9.97 Å². The summed E-state index contributed by atoms with van der Waals surface area (Å²) in [6.45, 7) is 0. The Balaban J connectivity index is 1.52. The van der Waals surface area contributed by atoms with Crippen molar-refractivity contribution in [1.29, 1.82) is 0 Å². The van der Waals surface area contributed by atoms with E-state index in [1.165, 1.54) is 0 Å². The van der Waals surface area contributed by atoms with Crippen molar-refractivity contribution >= 4 is 25.3 Å². The molecule has 0 saturated carbocycles. The maximum absolute atomic E-state index is 4.59. The Kier molecular flexibility index (Phi) is 6.20. The van der Waals surface area contributed by atoms with E-state index in [0.717, 1.165) is 44.8 Å². The van der Waals surface area contributed by atoms with Crippen LogP contribution in [0.25, 0.3) is 33.6 Å². The molecule has 0 aliphatic heterocycles. The maximum Gasteiger partial charge on any atom is 0.0886 e. The zero-order chi connectivity index (χ0) is 20.8. The van der Waals surface area contributed by atoms with Crippen molar-refractivity contribution in [3.8, 4) is 56.0 Å². The molecular formula is C26H16N2S2. The average molecular weight is 421 g/mol. The molecule has 0 atom stereocenters. The summed E-state index contributed by atoms with van der Waals surface area (Å²) in [5.74, 6) is 5.85. The van der Waals surface area contributed by atoms with Gasteiger partial charge < -0.3 is 0 Å². The lowest BCUT2D eigenvalue weighted by atomic mass is 10.0. The summed E-state index contributed by atoms with van der Waals surface area (Å²) in [5, 5.41) is 5.22. The lowest BCUT2D eigenvalue weighted by molar-refractivity contribution is 1.25. The van der Waals surface area contributed by atoms with Crippen molar-refractivity contribution in [2.75, 3.05) is 0 Å². The number of hydrogen-bond donors (Lipinski definition) is 2. The zero-order valence-corrected chi connectivity index (χ0v) is 17.7. The monoisotopic (exact) mass is 420 g/mol. The topological polar surface area (TPSA) is 25.8 Å². The van der Waals surface area contributed by atoms with Crippen LogP contribution in [0.2, 0.25) is 0 Å². The summed E-state index contributed by atoms with van der Waals surface area (Å²) in [7, 11) is 0. The molecule has 2 aromatic heterocycles.